The first-order chi connectivity index (χ1) is 14.8. The molecule has 0 saturated carbocycles. The van der Waals surface area contributed by atoms with E-state index in [2.05, 4.69) is 51.7 Å². The lowest BCUT2D eigenvalue weighted by Crippen LogP contribution is -2.19. The maximum Gasteiger partial charge on any atom is 0.135 e. The Bertz CT molecular complexity index is 1250. The molecule has 6 rings (SSSR count). The van der Waals surface area contributed by atoms with Gasteiger partial charge in [0.2, 0.25) is 0 Å². The van der Waals surface area contributed by atoms with Gasteiger partial charge in [-0.2, -0.15) is 0 Å². The van der Waals surface area contributed by atoms with Gasteiger partial charge in [0.25, 0.3) is 0 Å². The van der Waals surface area contributed by atoms with E-state index in [-0.39, 0.29) is 0 Å². The Morgan fingerprint density at radius 3 is 2.10 bits per heavy atom. The number of rotatable bonds is 4. The first-order valence-corrected chi connectivity index (χ1v) is 10.4. The molecule has 2 aliphatic rings. The van der Waals surface area contributed by atoms with Crippen molar-refractivity contribution < 1.29 is 8.83 Å². The van der Waals surface area contributed by atoms with Crippen molar-refractivity contribution in [1.82, 2.24) is 5.32 Å². The van der Waals surface area contributed by atoms with Crippen LogP contribution in [0.25, 0.3) is 34.1 Å². The predicted octanol–water partition coefficient (Wildman–Crippen LogP) is 5.28. The molecule has 2 aromatic carbocycles. The molecule has 2 aliphatic heterocycles. The smallest absolute Gasteiger partial charge is 0.135 e. The minimum absolute atomic E-state index is 0.796. The standard InChI is InChI=1S/C25H21N3O2/c1-2-22(26-9-1)16-3-4-17-12-20(29-23(17)14-16)7-8-21-13-18-5-6-19(15-24(18)30-21)25-27-10-11-28-25/h3-8,12-15H,1-2,9-11H2,(H,27,28)/b8-7+. The minimum atomic E-state index is 0.796. The van der Waals surface area contributed by atoms with E-state index in [0.29, 0.717) is 0 Å². The van der Waals surface area contributed by atoms with Gasteiger partial charge in [-0.3, -0.25) is 9.98 Å². The number of furan rings is 2. The van der Waals surface area contributed by atoms with Crippen molar-refractivity contribution >= 4 is 45.6 Å². The average Bonchev–Trinajstić information content (AvgIpc) is 3.56. The molecule has 0 saturated heterocycles. The van der Waals surface area contributed by atoms with Crippen molar-refractivity contribution in [3.05, 3.63) is 71.2 Å². The fourth-order valence-corrected chi connectivity index (χ4v) is 4.13. The van der Waals surface area contributed by atoms with E-state index in [1.54, 1.807) is 0 Å². The molecule has 0 unspecified atom stereocenters. The summed E-state index contributed by atoms with van der Waals surface area (Å²) in [7, 11) is 0. The molecule has 1 N–H and O–H groups in total. The first kappa shape index (κ1) is 17.3. The number of hydrogen-bond donors (Lipinski definition) is 1. The summed E-state index contributed by atoms with van der Waals surface area (Å²) in [5.41, 5.74) is 5.16. The van der Waals surface area contributed by atoms with Crippen LogP contribution in [0.5, 0.6) is 0 Å². The van der Waals surface area contributed by atoms with Gasteiger partial charge < -0.3 is 14.2 Å². The molecule has 5 nitrogen and oxygen atoms in total. The van der Waals surface area contributed by atoms with Crippen molar-refractivity contribution in [3.63, 3.8) is 0 Å². The minimum Gasteiger partial charge on any atom is -0.457 e. The summed E-state index contributed by atoms with van der Waals surface area (Å²) >= 11 is 0. The normalized spacial score (nSPS) is 16.5. The highest BCUT2D eigenvalue weighted by atomic mass is 16.3. The fraction of sp³-hybridized carbons (Fsp3) is 0.200. The second-order valence-corrected chi connectivity index (χ2v) is 7.73. The molecule has 148 valence electrons. The topological polar surface area (TPSA) is 63.0 Å². The Balaban J connectivity index is 1.27. The Morgan fingerprint density at radius 1 is 0.767 bits per heavy atom. The van der Waals surface area contributed by atoms with Crippen molar-refractivity contribution in [2.45, 2.75) is 12.8 Å². The van der Waals surface area contributed by atoms with Gasteiger partial charge in [-0.15, -0.1) is 0 Å². The van der Waals surface area contributed by atoms with E-state index < -0.39 is 0 Å². The lowest BCUT2D eigenvalue weighted by atomic mass is 10.1. The maximum absolute atomic E-state index is 6.04. The molecule has 0 bridgehead atoms. The van der Waals surface area contributed by atoms with Crippen LogP contribution in [-0.4, -0.2) is 31.2 Å². The number of nitrogens with one attached hydrogen (secondary N) is 1. The molecule has 0 aliphatic carbocycles. The van der Waals surface area contributed by atoms with Gasteiger partial charge in [-0.25, -0.2) is 0 Å². The largest absolute Gasteiger partial charge is 0.457 e. The maximum atomic E-state index is 6.04. The SMILES string of the molecule is C(=C\c1cc2ccc(C3=NCCN3)cc2o1)/c1cc2ccc(C3=NCCC3)cc2o1. The number of aliphatic imine (C=N–C) groups is 2. The molecule has 5 heteroatoms. The summed E-state index contributed by atoms with van der Waals surface area (Å²) in [6.07, 6.45) is 6.10. The second-order valence-electron chi connectivity index (χ2n) is 7.73. The van der Waals surface area contributed by atoms with Crippen LogP contribution in [0.3, 0.4) is 0 Å². The van der Waals surface area contributed by atoms with Crippen LogP contribution in [0.1, 0.15) is 35.5 Å². The van der Waals surface area contributed by atoms with Crippen LogP contribution in [-0.2, 0) is 0 Å². The highest BCUT2D eigenvalue weighted by Gasteiger charge is 2.12. The van der Waals surface area contributed by atoms with Gasteiger partial charge in [-0.05, 0) is 54.8 Å². The average molecular weight is 395 g/mol. The second kappa shape index (κ2) is 7.02. The zero-order chi connectivity index (χ0) is 19.9. The molecule has 4 heterocycles. The Hall–Kier alpha value is -3.60. The molecule has 0 radical (unpaired) electrons. The first-order valence-electron chi connectivity index (χ1n) is 10.4. The number of benzene rings is 2. The summed E-state index contributed by atoms with van der Waals surface area (Å²) in [4.78, 5) is 9.06. The molecule has 0 atom stereocenters. The lowest BCUT2D eigenvalue weighted by Gasteiger charge is -2.01. The number of nitrogens with zero attached hydrogens (tertiary/aromatic N) is 2. The third-order valence-corrected chi connectivity index (χ3v) is 5.65. The summed E-state index contributed by atoms with van der Waals surface area (Å²) < 4.78 is 12.1. The summed E-state index contributed by atoms with van der Waals surface area (Å²) in [5.74, 6) is 2.54. The third-order valence-electron chi connectivity index (χ3n) is 5.65. The Kier molecular flexibility index (Phi) is 4.04. The van der Waals surface area contributed by atoms with Crippen LogP contribution >= 0.6 is 0 Å². The molecule has 0 spiro atoms. The van der Waals surface area contributed by atoms with Gasteiger partial charge in [-0.1, -0.05) is 24.3 Å². The van der Waals surface area contributed by atoms with Crippen molar-refractivity contribution in [3.8, 4) is 0 Å². The van der Waals surface area contributed by atoms with Crippen LogP contribution in [0.2, 0.25) is 0 Å². The zero-order valence-electron chi connectivity index (χ0n) is 16.5. The van der Waals surface area contributed by atoms with E-state index in [9.17, 15) is 0 Å². The Labute approximate surface area is 173 Å². The highest BCUT2D eigenvalue weighted by Crippen LogP contribution is 2.26. The Morgan fingerprint density at radius 2 is 1.47 bits per heavy atom. The van der Waals surface area contributed by atoms with E-state index in [4.69, 9.17) is 8.83 Å². The van der Waals surface area contributed by atoms with Gasteiger partial charge in [0, 0.05) is 35.1 Å². The monoisotopic (exact) mass is 395 g/mol. The van der Waals surface area contributed by atoms with Gasteiger partial charge in [0.05, 0.1) is 6.54 Å². The zero-order valence-corrected chi connectivity index (χ0v) is 16.5. The summed E-state index contributed by atoms with van der Waals surface area (Å²) in [6.45, 7) is 2.66. The molecule has 2 aromatic heterocycles. The van der Waals surface area contributed by atoms with Gasteiger partial charge in [0.15, 0.2) is 0 Å². The van der Waals surface area contributed by atoms with E-state index in [0.717, 1.165) is 77.3 Å². The van der Waals surface area contributed by atoms with Crippen molar-refractivity contribution in [1.29, 1.82) is 0 Å². The van der Waals surface area contributed by atoms with Crippen LogP contribution in [0.15, 0.2) is 67.4 Å². The van der Waals surface area contributed by atoms with Crippen molar-refractivity contribution in [2.75, 3.05) is 19.6 Å². The quantitative estimate of drug-likeness (QED) is 0.511. The molecular weight excluding hydrogens is 374 g/mol. The van der Waals surface area contributed by atoms with E-state index >= 15 is 0 Å². The molecule has 4 aromatic rings. The third kappa shape index (κ3) is 3.12. The van der Waals surface area contributed by atoms with Crippen molar-refractivity contribution in [2.24, 2.45) is 9.98 Å². The number of hydrogen-bond acceptors (Lipinski definition) is 5. The summed E-state index contributed by atoms with van der Waals surface area (Å²) in [5, 5.41) is 5.47. The highest BCUT2D eigenvalue weighted by molar-refractivity contribution is 6.04. The molecular formula is C25H21N3O2. The summed E-state index contributed by atoms with van der Waals surface area (Å²) in [6, 6.07) is 16.6. The molecule has 30 heavy (non-hydrogen) atoms. The van der Waals surface area contributed by atoms with Crippen LogP contribution in [0.4, 0.5) is 0 Å². The van der Waals surface area contributed by atoms with Crippen LogP contribution < -0.4 is 5.32 Å². The molecule has 0 amide bonds. The number of amidine groups is 1. The lowest BCUT2D eigenvalue weighted by molar-refractivity contribution is 0.599. The predicted molar refractivity (Wildman–Crippen MR) is 121 cm³/mol. The van der Waals surface area contributed by atoms with Gasteiger partial charge >= 0.3 is 0 Å². The van der Waals surface area contributed by atoms with E-state index in [1.165, 1.54) is 11.3 Å². The fourth-order valence-electron chi connectivity index (χ4n) is 4.13. The van der Waals surface area contributed by atoms with Gasteiger partial charge in [0.1, 0.15) is 28.5 Å². The van der Waals surface area contributed by atoms with Crippen LogP contribution in [0, 0.1) is 0 Å². The number of fused-ring (bicyclic) bond motifs is 2. The molecule has 0 fully saturated rings. The van der Waals surface area contributed by atoms with E-state index in [1.807, 2.05) is 24.3 Å².